The van der Waals surface area contributed by atoms with Crippen molar-refractivity contribution in [2.45, 2.75) is 22.2 Å². The van der Waals surface area contributed by atoms with Gasteiger partial charge in [-0.25, -0.2) is 0 Å². The third-order valence-electron chi connectivity index (χ3n) is 1.84. The molecule has 0 aliphatic rings. The molecular weight excluding hydrogens is 385 g/mol. The second-order valence-corrected chi connectivity index (χ2v) is 6.11. The fraction of sp³-hybridized carbons (Fsp3) is 0.300. The van der Waals surface area contributed by atoms with Crippen LogP contribution >= 0.6 is 43.6 Å². The van der Waals surface area contributed by atoms with Gasteiger partial charge in [0.15, 0.2) is 0 Å². The summed E-state index contributed by atoms with van der Waals surface area (Å²) >= 11 is 6.15. The molecule has 1 nitrogen and oxygen atoms in total. The molecule has 1 aromatic carbocycles. The van der Waals surface area contributed by atoms with Gasteiger partial charge in [0.2, 0.25) is 0 Å². The number of halogens is 5. The predicted octanol–water partition coefficient (Wildman–Crippen LogP) is 5.09. The van der Waals surface area contributed by atoms with Gasteiger partial charge < -0.3 is 0 Å². The number of thioether (sulfide) groups is 1. The summed E-state index contributed by atoms with van der Waals surface area (Å²) in [5.41, 5.74) is -3.70. The molecule has 0 amide bonds. The van der Waals surface area contributed by atoms with Crippen LogP contribution in [0.15, 0.2) is 27.6 Å². The number of Topliss-reactive ketones (excluding diaryl/α,β-unsaturated/α-hetero) is 1. The first kappa shape index (κ1) is 15.0. The van der Waals surface area contributed by atoms with Crippen molar-refractivity contribution in [3.63, 3.8) is 0 Å². The van der Waals surface area contributed by atoms with E-state index < -0.39 is 10.3 Å². The van der Waals surface area contributed by atoms with Gasteiger partial charge in [0.1, 0.15) is 5.78 Å². The van der Waals surface area contributed by atoms with Crippen molar-refractivity contribution in [1.82, 2.24) is 0 Å². The first-order chi connectivity index (χ1) is 7.70. The van der Waals surface area contributed by atoms with Crippen LogP contribution in [0.5, 0.6) is 0 Å². The summed E-state index contributed by atoms with van der Waals surface area (Å²) in [5, 5.41) is 0. The minimum Gasteiger partial charge on any atom is -0.298 e. The minimum absolute atomic E-state index is 0.0800. The third-order valence-corrected chi connectivity index (χ3v) is 4.38. The Morgan fingerprint density at radius 1 is 1.41 bits per heavy atom. The molecule has 0 bridgehead atoms. The molecule has 1 unspecified atom stereocenters. The molecule has 0 saturated carbocycles. The predicted molar refractivity (Wildman–Crippen MR) is 68.4 cm³/mol. The highest BCUT2D eigenvalue weighted by molar-refractivity contribution is 9.11. The van der Waals surface area contributed by atoms with E-state index >= 15 is 0 Å². The quantitative estimate of drug-likeness (QED) is 0.527. The van der Waals surface area contributed by atoms with E-state index in [9.17, 15) is 18.0 Å². The van der Waals surface area contributed by atoms with E-state index in [4.69, 9.17) is 0 Å². The van der Waals surface area contributed by atoms with Crippen LogP contribution < -0.4 is 0 Å². The monoisotopic (exact) mass is 390 g/mol. The second-order valence-electron chi connectivity index (χ2n) is 3.20. The van der Waals surface area contributed by atoms with Gasteiger partial charge in [0.25, 0.3) is 0 Å². The Morgan fingerprint density at radius 2 is 2.00 bits per heavy atom. The number of hydrogen-bond acceptors (Lipinski definition) is 2. The topological polar surface area (TPSA) is 17.1 Å². The molecule has 7 heteroatoms. The zero-order valence-electron chi connectivity index (χ0n) is 8.52. The van der Waals surface area contributed by atoms with Gasteiger partial charge >= 0.3 is 5.51 Å². The average Bonchev–Trinajstić information content (AvgIpc) is 2.14. The van der Waals surface area contributed by atoms with Gasteiger partial charge in [-0.05, 0) is 36.4 Å². The zero-order valence-corrected chi connectivity index (χ0v) is 12.5. The summed E-state index contributed by atoms with van der Waals surface area (Å²) in [7, 11) is 0. The van der Waals surface area contributed by atoms with E-state index in [1.807, 2.05) is 0 Å². The van der Waals surface area contributed by atoms with Crippen LogP contribution in [0.4, 0.5) is 13.2 Å². The normalized spacial score (nSPS) is 13.5. The zero-order chi connectivity index (χ0) is 13.2. The van der Waals surface area contributed by atoms with E-state index in [1.54, 1.807) is 0 Å². The fourth-order valence-corrected chi connectivity index (χ4v) is 3.18. The van der Waals surface area contributed by atoms with Crippen LogP contribution in [0, 0.1) is 0 Å². The Bertz CT molecular complexity index is 434. The smallest absolute Gasteiger partial charge is 0.298 e. The largest absolute Gasteiger partial charge is 0.446 e. The van der Waals surface area contributed by atoms with E-state index in [2.05, 4.69) is 31.9 Å². The van der Waals surface area contributed by atoms with Crippen LogP contribution in [-0.4, -0.2) is 11.3 Å². The number of ketones is 1. The van der Waals surface area contributed by atoms with Gasteiger partial charge in [-0.3, -0.25) is 4.79 Å². The number of benzene rings is 1. The molecule has 1 aromatic rings. The van der Waals surface area contributed by atoms with Crippen LogP contribution in [-0.2, 0) is 4.79 Å². The summed E-state index contributed by atoms with van der Waals surface area (Å²) < 4.78 is 36.9. The lowest BCUT2D eigenvalue weighted by molar-refractivity contribution is -0.116. The molecule has 0 N–H and O–H groups in total. The molecule has 0 aromatic heterocycles. The molecule has 0 radical (unpaired) electrons. The maximum atomic E-state index is 12.1. The van der Waals surface area contributed by atoms with Crippen molar-refractivity contribution in [2.24, 2.45) is 0 Å². The Morgan fingerprint density at radius 3 is 2.41 bits per heavy atom. The molecule has 1 atom stereocenters. The van der Waals surface area contributed by atoms with Gasteiger partial charge in [-0.1, -0.05) is 37.9 Å². The molecule has 94 valence electrons. The van der Waals surface area contributed by atoms with E-state index in [-0.39, 0.29) is 22.4 Å². The van der Waals surface area contributed by atoms with Crippen LogP contribution in [0.3, 0.4) is 0 Å². The number of carbonyl (C=O) groups excluding carboxylic acids is 1. The van der Waals surface area contributed by atoms with Crippen molar-refractivity contribution in [2.75, 3.05) is 0 Å². The van der Waals surface area contributed by atoms with Crippen molar-refractivity contribution < 1.29 is 18.0 Å². The number of rotatable bonds is 3. The molecule has 0 aliphatic carbocycles. The molecular formula is C10H7Br2F3OS. The fourth-order valence-electron chi connectivity index (χ4n) is 1.13. The lowest BCUT2D eigenvalue weighted by Gasteiger charge is -2.11. The van der Waals surface area contributed by atoms with Crippen LogP contribution in [0.1, 0.15) is 17.3 Å². The Kier molecular flexibility index (Phi) is 5.09. The summed E-state index contributed by atoms with van der Waals surface area (Å²) in [6.07, 6.45) is 0. The van der Waals surface area contributed by atoms with Crippen molar-refractivity contribution in [1.29, 1.82) is 0 Å². The lowest BCUT2D eigenvalue weighted by Crippen LogP contribution is -2.03. The molecule has 0 fully saturated rings. The maximum Gasteiger partial charge on any atom is 0.446 e. The Balaban J connectivity index is 2.98. The first-order valence-corrected chi connectivity index (χ1v) is 6.93. The number of alkyl halides is 4. The lowest BCUT2D eigenvalue weighted by atomic mass is 10.1. The summed E-state index contributed by atoms with van der Waals surface area (Å²) in [6.45, 7) is 1.41. The van der Waals surface area contributed by atoms with Crippen LogP contribution in [0.25, 0.3) is 0 Å². The molecule has 0 heterocycles. The maximum absolute atomic E-state index is 12.1. The highest BCUT2D eigenvalue weighted by atomic mass is 79.9. The SMILES string of the molecule is CC(=O)C(Br)c1ccc(SC(F)(F)F)cc1Br. The third kappa shape index (κ3) is 4.63. The van der Waals surface area contributed by atoms with E-state index in [1.165, 1.54) is 25.1 Å². The van der Waals surface area contributed by atoms with E-state index in [0.29, 0.717) is 10.0 Å². The molecule has 0 saturated heterocycles. The molecule has 0 aliphatic heterocycles. The van der Waals surface area contributed by atoms with Crippen molar-refractivity contribution >= 4 is 49.4 Å². The summed E-state index contributed by atoms with van der Waals surface area (Å²) in [4.78, 5) is 10.7. The summed E-state index contributed by atoms with van der Waals surface area (Å²) in [6, 6.07) is 4.19. The Labute approximate surface area is 117 Å². The van der Waals surface area contributed by atoms with E-state index in [0.717, 1.165) is 0 Å². The molecule has 0 spiro atoms. The number of carbonyl (C=O) groups is 1. The van der Waals surface area contributed by atoms with Gasteiger partial charge in [0.05, 0.1) is 4.83 Å². The Hall–Kier alpha value is -0.0100. The van der Waals surface area contributed by atoms with Crippen molar-refractivity contribution in [3.05, 3.63) is 28.2 Å². The van der Waals surface area contributed by atoms with Gasteiger partial charge in [0, 0.05) is 9.37 Å². The highest BCUT2D eigenvalue weighted by Crippen LogP contribution is 2.40. The summed E-state index contributed by atoms with van der Waals surface area (Å²) in [5.74, 6) is -0.109. The molecule has 17 heavy (non-hydrogen) atoms. The number of hydrogen-bond donors (Lipinski definition) is 0. The average molecular weight is 392 g/mol. The van der Waals surface area contributed by atoms with Gasteiger partial charge in [-0.2, -0.15) is 13.2 Å². The first-order valence-electron chi connectivity index (χ1n) is 4.40. The highest BCUT2D eigenvalue weighted by Gasteiger charge is 2.29. The molecule has 1 rings (SSSR count). The van der Waals surface area contributed by atoms with Crippen LogP contribution in [0.2, 0.25) is 0 Å². The van der Waals surface area contributed by atoms with Gasteiger partial charge in [-0.15, -0.1) is 0 Å². The standard InChI is InChI=1S/C10H7Br2F3OS/c1-5(16)9(12)7-3-2-6(4-8(7)11)17-10(13,14)15/h2-4,9H,1H3. The van der Waals surface area contributed by atoms with Crippen molar-refractivity contribution in [3.8, 4) is 0 Å². The second kappa shape index (κ2) is 5.75. The minimum atomic E-state index is -4.31.